The molecule has 0 saturated carbocycles. The van der Waals surface area contributed by atoms with Crippen molar-refractivity contribution in [2.45, 2.75) is 20.4 Å². The molecule has 0 atom stereocenters. The van der Waals surface area contributed by atoms with Crippen molar-refractivity contribution < 1.29 is 14.1 Å². The van der Waals surface area contributed by atoms with E-state index in [-0.39, 0.29) is 12.5 Å². The van der Waals surface area contributed by atoms with Crippen molar-refractivity contribution in [1.82, 2.24) is 20.4 Å². The minimum atomic E-state index is -0.235. The largest absolute Gasteiger partial charge is 0.497 e. The predicted molar refractivity (Wildman–Crippen MR) is 91.2 cm³/mol. The van der Waals surface area contributed by atoms with Gasteiger partial charge in [-0.2, -0.15) is 0 Å². The average molecular weight is 338 g/mol. The van der Waals surface area contributed by atoms with E-state index in [0.717, 1.165) is 17.0 Å². The molecule has 0 saturated heterocycles. The third-order valence-electron chi connectivity index (χ3n) is 3.80. The smallest absolute Gasteiger partial charge is 0.257 e. The van der Waals surface area contributed by atoms with Crippen LogP contribution in [0.1, 0.15) is 27.5 Å². The van der Waals surface area contributed by atoms with E-state index in [1.165, 1.54) is 6.33 Å². The van der Waals surface area contributed by atoms with Crippen molar-refractivity contribution >= 4 is 5.91 Å². The number of aryl methyl sites for hydroxylation is 2. The van der Waals surface area contributed by atoms with Crippen LogP contribution in [0.25, 0.3) is 11.3 Å². The maximum atomic E-state index is 12.3. The third kappa shape index (κ3) is 3.65. The Morgan fingerprint density at radius 3 is 2.60 bits per heavy atom. The fourth-order valence-corrected chi connectivity index (χ4v) is 2.48. The summed E-state index contributed by atoms with van der Waals surface area (Å²) >= 11 is 0. The molecule has 0 bridgehead atoms. The maximum absolute atomic E-state index is 12.3. The number of methoxy groups -OCH3 is 1. The summed E-state index contributed by atoms with van der Waals surface area (Å²) in [7, 11) is 1.62. The van der Waals surface area contributed by atoms with E-state index < -0.39 is 0 Å². The first-order chi connectivity index (χ1) is 12.1. The molecule has 0 fully saturated rings. The van der Waals surface area contributed by atoms with Crippen molar-refractivity contribution in [3.05, 3.63) is 59.4 Å². The van der Waals surface area contributed by atoms with Gasteiger partial charge in [0.1, 0.15) is 23.4 Å². The fraction of sp³-hybridized carbons (Fsp3) is 0.222. The average Bonchev–Trinajstić information content (AvgIpc) is 2.98. The standard InChI is InChI=1S/C18H18N4O3/c1-11-17(12(2)25-22-11)18(23)19-9-14-8-16(21-10-20-14)13-4-6-15(24-3)7-5-13/h4-8,10H,9H2,1-3H3,(H,19,23). The van der Waals surface area contributed by atoms with Crippen LogP contribution in [0.5, 0.6) is 5.75 Å². The Labute approximate surface area is 145 Å². The van der Waals surface area contributed by atoms with Crippen molar-refractivity contribution in [3.63, 3.8) is 0 Å². The van der Waals surface area contributed by atoms with Gasteiger partial charge in [0.05, 0.1) is 30.7 Å². The summed E-state index contributed by atoms with van der Waals surface area (Å²) in [6.07, 6.45) is 1.48. The number of ether oxygens (including phenoxy) is 1. The highest BCUT2D eigenvalue weighted by Gasteiger charge is 2.17. The van der Waals surface area contributed by atoms with E-state index >= 15 is 0 Å². The molecule has 0 spiro atoms. The second-order valence-corrected chi connectivity index (χ2v) is 5.50. The highest BCUT2D eigenvalue weighted by molar-refractivity contribution is 5.96. The zero-order valence-electron chi connectivity index (χ0n) is 14.2. The summed E-state index contributed by atoms with van der Waals surface area (Å²) < 4.78 is 10.2. The summed E-state index contributed by atoms with van der Waals surface area (Å²) in [5.41, 5.74) is 3.46. The topological polar surface area (TPSA) is 90.1 Å². The van der Waals surface area contributed by atoms with Crippen LogP contribution in [-0.2, 0) is 6.54 Å². The van der Waals surface area contributed by atoms with E-state index in [9.17, 15) is 4.79 Å². The Kier molecular flexibility index (Phi) is 4.74. The van der Waals surface area contributed by atoms with Crippen molar-refractivity contribution in [3.8, 4) is 17.0 Å². The number of aromatic nitrogens is 3. The van der Waals surface area contributed by atoms with E-state index in [1.54, 1.807) is 21.0 Å². The van der Waals surface area contributed by atoms with Gasteiger partial charge in [-0.1, -0.05) is 5.16 Å². The molecule has 7 heteroatoms. The van der Waals surface area contributed by atoms with E-state index in [0.29, 0.717) is 22.7 Å². The third-order valence-corrected chi connectivity index (χ3v) is 3.80. The summed E-state index contributed by atoms with van der Waals surface area (Å²) in [6, 6.07) is 9.43. The Morgan fingerprint density at radius 2 is 1.96 bits per heavy atom. The van der Waals surface area contributed by atoms with Crippen molar-refractivity contribution in [2.24, 2.45) is 0 Å². The van der Waals surface area contributed by atoms with Gasteiger partial charge in [-0.05, 0) is 44.2 Å². The van der Waals surface area contributed by atoms with Gasteiger partial charge in [0, 0.05) is 5.56 Å². The molecule has 0 aliphatic rings. The summed E-state index contributed by atoms with van der Waals surface area (Å²) in [6.45, 7) is 3.73. The zero-order valence-corrected chi connectivity index (χ0v) is 14.2. The molecule has 1 aromatic carbocycles. The molecular formula is C18H18N4O3. The zero-order chi connectivity index (χ0) is 17.8. The summed E-state index contributed by atoms with van der Waals surface area (Å²) in [5.74, 6) is 1.04. The molecule has 1 amide bonds. The first-order valence-electron chi connectivity index (χ1n) is 7.75. The number of hydrogen-bond acceptors (Lipinski definition) is 6. The van der Waals surface area contributed by atoms with Crippen LogP contribution in [0.3, 0.4) is 0 Å². The lowest BCUT2D eigenvalue weighted by Crippen LogP contribution is -2.24. The molecule has 1 N–H and O–H groups in total. The Hall–Kier alpha value is -3.22. The van der Waals surface area contributed by atoms with Gasteiger partial charge in [0.25, 0.3) is 5.91 Å². The molecule has 128 valence electrons. The van der Waals surface area contributed by atoms with E-state index in [4.69, 9.17) is 9.26 Å². The van der Waals surface area contributed by atoms with Crippen molar-refractivity contribution in [2.75, 3.05) is 7.11 Å². The predicted octanol–water partition coefficient (Wildman–Crippen LogP) is 2.69. The van der Waals surface area contributed by atoms with Crippen LogP contribution in [-0.4, -0.2) is 28.1 Å². The Bertz CT molecular complexity index is 868. The van der Waals surface area contributed by atoms with Gasteiger partial charge >= 0.3 is 0 Å². The Morgan fingerprint density at radius 1 is 1.20 bits per heavy atom. The van der Waals surface area contributed by atoms with E-state index in [2.05, 4.69) is 20.4 Å². The molecule has 3 aromatic rings. The molecule has 7 nitrogen and oxygen atoms in total. The highest BCUT2D eigenvalue weighted by Crippen LogP contribution is 2.20. The van der Waals surface area contributed by atoms with Crippen molar-refractivity contribution in [1.29, 1.82) is 0 Å². The van der Waals surface area contributed by atoms with Crippen LogP contribution >= 0.6 is 0 Å². The summed E-state index contributed by atoms with van der Waals surface area (Å²) in [5, 5.41) is 6.62. The number of carbonyl (C=O) groups excluding carboxylic acids is 1. The first-order valence-corrected chi connectivity index (χ1v) is 7.75. The minimum absolute atomic E-state index is 0.235. The SMILES string of the molecule is COc1ccc(-c2cc(CNC(=O)c3c(C)noc3C)ncn2)cc1. The number of rotatable bonds is 5. The lowest BCUT2D eigenvalue weighted by molar-refractivity contribution is 0.0948. The van der Waals surface area contributed by atoms with Gasteiger partial charge in [-0.25, -0.2) is 9.97 Å². The molecule has 0 unspecified atom stereocenters. The molecular weight excluding hydrogens is 320 g/mol. The Balaban J connectivity index is 1.72. The molecule has 0 aliphatic carbocycles. The molecule has 25 heavy (non-hydrogen) atoms. The van der Waals surface area contributed by atoms with Crippen LogP contribution in [0.2, 0.25) is 0 Å². The maximum Gasteiger partial charge on any atom is 0.257 e. The summed E-state index contributed by atoms with van der Waals surface area (Å²) in [4.78, 5) is 20.8. The molecule has 3 rings (SSSR count). The number of nitrogens with one attached hydrogen (secondary N) is 1. The van der Waals surface area contributed by atoms with Crippen LogP contribution < -0.4 is 10.1 Å². The van der Waals surface area contributed by atoms with Gasteiger partial charge < -0.3 is 14.6 Å². The normalized spacial score (nSPS) is 10.5. The lowest BCUT2D eigenvalue weighted by Gasteiger charge is -2.07. The number of nitrogens with zero attached hydrogens (tertiary/aromatic N) is 3. The molecule has 2 heterocycles. The molecule has 2 aromatic heterocycles. The molecule has 0 radical (unpaired) electrons. The fourth-order valence-electron chi connectivity index (χ4n) is 2.48. The first kappa shape index (κ1) is 16.6. The van der Waals surface area contributed by atoms with Gasteiger partial charge in [-0.15, -0.1) is 0 Å². The van der Waals surface area contributed by atoms with Crippen LogP contribution in [0.4, 0.5) is 0 Å². The van der Waals surface area contributed by atoms with Crippen LogP contribution in [0.15, 0.2) is 41.2 Å². The van der Waals surface area contributed by atoms with E-state index in [1.807, 2.05) is 30.3 Å². The highest BCUT2D eigenvalue weighted by atomic mass is 16.5. The number of carbonyl (C=O) groups is 1. The van der Waals surface area contributed by atoms with Gasteiger partial charge in [-0.3, -0.25) is 4.79 Å². The monoisotopic (exact) mass is 338 g/mol. The second-order valence-electron chi connectivity index (χ2n) is 5.50. The minimum Gasteiger partial charge on any atom is -0.497 e. The number of amides is 1. The van der Waals surface area contributed by atoms with Gasteiger partial charge in [0.2, 0.25) is 0 Å². The van der Waals surface area contributed by atoms with Gasteiger partial charge in [0.15, 0.2) is 0 Å². The quantitative estimate of drug-likeness (QED) is 0.769. The molecule has 0 aliphatic heterocycles. The number of benzene rings is 1. The second kappa shape index (κ2) is 7.12. The lowest BCUT2D eigenvalue weighted by atomic mass is 10.1. The van der Waals surface area contributed by atoms with Crippen LogP contribution in [0, 0.1) is 13.8 Å². The number of hydrogen-bond donors (Lipinski definition) is 1.